The van der Waals surface area contributed by atoms with Crippen LogP contribution in [0.3, 0.4) is 0 Å². The van der Waals surface area contributed by atoms with E-state index in [0.29, 0.717) is 11.4 Å². The molecular weight excluding hydrogens is 236 g/mol. The second kappa shape index (κ2) is 6.18. The van der Waals surface area contributed by atoms with Crippen molar-refractivity contribution in [3.8, 4) is 0 Å². The second-order valence-electron chi connectivity index (χ2n) is 4.64. The lowest BCUT2D eigenvalue weighted by Gasteiger charge is -2.18. The van der Waals surface area contributed by atoms with Gasteiger partial charge in [-0.25, -0.2) is 0 Å². The number of ketones is 1. The van der Waals surface area contributed by atoms with Gasteiger partial charge in [0.15, 0.2) is 5.78 Å². The third-order valence-corrected chi connectivity index (χ3v) is 3.10. The molecule has 0 aliphatic heterocycles. The van der Waals surface area contributed by atoms with Crippen molar-refractivity contribution in [2.75, 3.05) is 7.11 Å². The van der Waals surface area contributed by atoms with Crippen LogP contribution in [0, 0.1) is 12.8 Å². The summed E-state index contributed by atoms with van der Waals surface area (Å²) in [5, 5.41) is 0.650. The van der Waals surface area contributed by atoms with E-state index >= 15 is 0 Å². The first-order valence-corrected chi connectivity index (χ1v) is 6.14. The van der Waals surface area contributed by atoms with E-state index in [1.807, 2.05) is 39.0 Å². The fourth-order valence-corrected chi connectivity index (χ4v) is 2.16. The van der Waals surface area contributed by atoms with Gasteiger partial charge in [-0.3, -0.25) is 4.79 Å². The zero-order valence-corrected chi connectivity index (χ0v) is 11.5. The molecule has 1 unspecified atom stereocenters. The third kappa shape index (κ3) is 3.83. The quantitative estimate of drug-likeness (QED) is 0.805. The van der Waals surface area contributed by atoms with Gasteiger partial charge in [-0.1, -0.05) is 37.6 Å². The van der Waals surface area contributed by atoms with Gasteiger partial charge in [0.1, 0.15) is 6.10 Å². The number of Topliss-reactive ketones (excluding diaryl/α,β-unsaturated/α-hetero) is 1. The molecule has 0 aliphatic carbocycles. The van der Waals surface area contributed by atoms with Crippen molar-refractivity contribution in [1.29, 1.82) is 0 Å². The summed E-state index contributed by atoms with van der Waals surface area (Å²) >= 11 is 6.11. The number of halogens is 1. The number of methoxy groups -OCH3 is 1. The second-order valence-corrected chi connectivity index (χ2v) is 5.05. The van der Waals surface area contributed by atoms with E-state index in [2.05, 4.69) is 0 Å². The van der Waals surface area contributed by atoms with Crippen LogP contribution in [0.15, 0.2) is 18.2 Å². The molecule has 0 aliphatic rings. The van der Waals surface area contributed by atoms with Crippen LogP contribution in [0.5, 0.6) is 0 Å². The van der Waals surface area contributed by atoms with E-state index in [-0.39, 0.29) is 17.8 Å². The molecule has 0 fully saturated rings. The van der Waals surface area contributed by atoms with Crippen molar-refractivity contribution >= 4 is 17.4 Å². The summed E-state index contributed by atoms with van der Waals surface area (Å²) in [5.74, 6) is 0.255. The van der Waals surface area contributed by atoms with Gasteiger partial charge in [0.05, 0.1) is 0 Å². The monoisotopic (exact) mass is 254 g/mol. The summed E-state index contributed by atoms with van der Waals surface area (Å²) in [6.45, 7) is 5.93. The predicted molar refractivity (Wildman–Crippen MR) is 70.5 cm³/mol. The van der Waals surface area contributed by atoms with Crippen molar-refractivity contribution in [1.82, 2.24) is 0 Å². The molecule has 0 amide bonds. The summed E-state index contributed by atoms with van der Waals surface area (Å²) in [6.07, 6.45) is -0.0251. The molecule has 1 atom stereocenters. The molecule has 0 N–H and O–H groups in total. The SMILES string of the molecule is COC(C(=O)Cc1ccc(C)cc1Cl)C(C)C. The molecule has 2 nitrogen and oxygen atoms in total. The number of carbonyl (C=O) groups is 1. The average Bonchev–Trinajstić information content (AvgIpc) is 2.22. The van der Waals surface area contributed by atoms with Crippen molar-refractivity contribution in [2.45, 2.75) is 33.3 Å². The van der Waals surface area contributed by atoms with Gasteiger partial charge in [0.2, 0.25) is 0 Å². The summed E-state index contributed by atoms with van der Waals surface area (Å²) < 4.78 is 5.22. The van der Waals surface area contributed by atoms with E-state index in [0.717, 1.165) is 11.1 Å². The number of ether oxygens (including phenoxy) is 1. The average molecular weight is 255 g/mol. The van der Waals surface area contributed by atoms with E-state index in [1.165, 1.54) is 0 Å². The number of aryl methyl sites for hydroxylation is 1. The van der Waals surface area contributed by atoms with Crippen molar-refractivity contribution < 1.29 is 9.53 Å². The van der Waals surface area contributed by atoms with Gasteiger partial charge >= 0.3 is 0 Å². The van der Waals surface area contributed by atoms with Crippen LogP contribution in [-0.4, -0.2) is 19.0 Å². The Kier molecular flexibility index (Phi) is 5.16. The topological polar surface area (TPSA) is 26.3 Å². The summed E-state index contributed by atoms with van der Waals surface area (Å²) in [4.78, 5) is 12.0. The molecule has 0 saturated carbocycles. The predicted octanol–water partition coefficient (Wildman–Crippen LogP) is 3.43. The van der Waals surface area contributed by atoms with E-state index in [4.69, 9.17) is 16.3 Å². The summed E-state index contributed by atoms with van der Waals surface area (Å²) in [5.41, 5.74) is 1.96. The van der Waals surface area contributed by atoms with Crippen LogP contribution >= 0.6 is 11.6 Å². The molecule has 94 valence electrons. The Labute approximate surface area is 108 Å². The van der Waals surface area contributed by atoms with Gasteiger partial charge in [0.25, 0.3) is 0 Å². The van der Waals surface area contributed by atoms with E-state index < -0.39 is 0 Å². The van der Waals surface area contributed by atoms with Crippen LogP contribution in [0.2, 0.25) is 5.02 Å². The fourth-order valence-electron chi connectivity index (χ4n) is 1.86. The number of hydrogen-bond donors (Lipinski definition) is 0. The standard InChI is InChI=1S/C14H19ClO2/c1-9(2)14(17-4)13(16)8-11-6-5-10(3)7-12(11)15/h5-7,9,14H,8H2,1-4H3. The minimum absolute atomic E-state index is 0.0771. The van der Waals surface area contributed by atoms with Crippen LogP contribution in [-0.2, 0) is 16.0 Å². The Morgan fingerprint density at radius 3 is 2.53 bits per heavy atom. The molecular formula is C14H19ClO2. The minimum Gasteiger partial charge on any atom is -0.373 e. The Bertz CT molecular complexity index is 399. The lowest BCUT2D eigenvalue weighted by molar-refractivity contribution is -0.130. The Morgan fingerprint density at radius 1 is 1.41 bits per heavy atom. The number of rotatable bonds is 5. The maximum absolute atomic E-state index is 12.0. The minimum atomic E-state index is -0.354. The zero-order valence-electron chi connectivity index (χ0n) is 10.8. The summed E-state index contributed by atoms with van der Waals surface area (Å²) in [7, 11) is 1.57. The van der Waals surface area contributed by atoms with Crippen molar-refractivity contribution in [3.63, 3.8) is 0 Å². The van der Waals surface area contributed by atoms with Gasteiger partial charge in [-0.15, -0.1) is 0 Å². The van der Waals surface area contributed by atoms with Gasteiger partial charge in [0, 0.05) is 18.6 Å². The third-order valence-electron chi connectivity index (χ3n) is 2.75. The highest BCUT2D eigenvalue weighted by Gasteiger charge is 2.22. The van der Waals surface area contributed by atoms with E-state index in [9.17, 15) is 4.79 Å². The maximum atomic E-state index is 12.0. The largest absolute Gasteiger partial charge is 0.373 e. The van der Waals surface area contributed by atoms with E-state index in [1.54, 1.807) is 7.11 Å². The van der Waals surface area contributed by atoms with Crippen LogP contribution in [0.1, 0.15) is 25.0 Å². The molecule has 0 heterocycles. The Balaban J connectivity index is 2.80. The molecule has 0 bridgehead atoms. The summed E-state index contributed by atoms with van der Waals surface area (Å²) in [6, 6.07) is 5.75. The number of benzene rings is 1. The van der Waals surface area contributed by atoms with Gasteiger partial charge < -0.3 is 4.74 Å². The van der Waals surface area contributed by atoms with Crippen molar-refractivity contribution in [2.24, 2.45) is 5.92 Å². The van der Waals surface area contributed by atoms with Crippen LogP contribution in [0.25, 0.3) is 0 Å². The van der Waals surface area contributed by atoms with Crippen LogP contribution in [0.4, 0.5) is 0 Å². The lowest BCUT2D eigenvalue weighted by Crippen LogP contribution is -2.29. The molecule has 0 radical (unpaired) electrons. The van der Waals surface area contributed by atoms with Crippen LogP contribution < -0.4 is 0 Å². The first-order valence-electron chi connectivity index (χ1n) is 5.76. The molecule has 17 heavy (non-hydrogen) atoms. The van der Waals surface area contributed by atoms with Crippen molar-refractivity contribution in [3.05, 3.63) is 34.3 Å². The maximum Gasteiger partial charge on any atom is 0.166 e. The number of carbonyl (C=O) groups excluding carboxylic acids is 1. The Hall–Kier alpha value is -0.860. The highest BCUT2D eigenvalue weighted by atomic mass is 35.5. The highest BCUT2D eigenvalue weighted by Crippen LogP contribution is 2.20. The number of hydrogen-bond acceptors (Lipinski definition) is 2. The molecule has 0 spiro atoms. The smallest absolute Gasteiger partial charge is 0.166 e. The zero-order chi connectivity index (χ0) is 13.0. The fraction of sp³-hybridized carbons (Fsp3) is 0.500. The highest BCUT2D eigenvalue weighted by molar-refractivity contribution is 6.31. The molecule has 1 aromatic rings. The molecule has 0 saturated heterocycles. The van der Waals surface area contributed by atoms with Gasteiger partial charge in [-0.05, 0) is 30.0 Å². The molecule has 1 rings (SSSR count). The normalized spacial score (nSPS) is 12.8. The van der Waals surface area contributed by atoms with Gasteiger partial charge in [-0.2, -0.15) is 0 Å². The lowest BCUT2D eigenvalue weighted by atomic mass is 9.97. The molecule has 0 aromatic heterocycles. The molecule has 1 aromatic carbocycles. The first-order chi connectivity index (χ1) is 7.95. The Morgan fingerprint density at radius 2 is 2.06 bits per heavy atom. The molecule has 3 heteroatoms. The first kappa shape index (κ1) is 14.2.